The molecule has 0 aliphatic carbocycles. The van der Waals surface area contributed by atoms with E-state index in [0.29, 0.717) is 12.4 Å². The molecule has 0 radical (unpaired) electrons. The molecule has 0 saturated heterocycles. The molecule has 0 aliphatic heterocycles. The van der Waals surface area contributed by atoms with Gasteiger partial charge < -0.3 is 19.5 Å². The molecule has 134 valence electrons. The van der Waals surface area contributed by atoms with Gasteiger partial charge in [-0.05, 0) is 57.2 Å². The van der Waals surface area contributed by atoms with Crippen molar-refractivity contribution in [1.29, 1.82) is 0 Å². The van der Waals surface area contributed by atoms with Crippen LogP contribution in [0.5, 0.6) is 17.2 Å². The molecule has 0 aliphatic rings. The molecule has 2 aromatic carbocycles. The minimum atomic E-state index is -0.578. The Hall–Kier alpha value is -2.69. The van der Waals surface area contributed by atoms with E-state index in [2.05, 4.69) is 5.32 Å². The predicted molar refractivity (Wildman–Crippen MR) is 97.4 cm³/mol. The fourth-order valence-corrected chi connectivity index (χ4v) is 2.17. The summed E-state index contributed by atoms with van der Waals surface area (Å²) < 4.78 is 16.4. The summed E-state index contributed by atoms with van der Waals surface area (Å²) in [5, 5.41) is 2.89. The molecule has 1 N–H and O–H groups in total. The predicted octanol–water partition coefficient (Wildman–Crippen LogP) is 3.35. The lowest BCUT2D eigenvalue weighted by atomic mass is 10.2. The SMILES string of the molecule is COc1ccc(OC[C@H](C)NC(=O)[C@@H](C)Oc2ccc(C)cc2)cc1. The van der Waals surface area contributed by atoms with Gasteiger partial charge in [0.1, 0.15) is 23.9 Å². The molecular weight excluding hydrogens is 318 g/mol. The number of aryl methyl sites for hydroxylation is 1. The Bertz CT molecular complexity index is 667. The van der Waals surface area contributed by atoms with Gasteiger partial charge in [-0.3, -0.25) is 4.79 Å². The summed E-state index contributed by atoms with van der Waals surface area (Å²) in [5.74, 6) is 2.00. The Balaban J connectivity index is 1.77. The minimum Gasteiger partial charge on any atom is -0.497 e. The van der Waals surface area contributed by atoms with Crippen LogP contribution >= 0.6 is 0 Å². The van der Waals surface area contributed by atoms with Crippen molar-refractivity contribution in [3.05, 3.63) is 54.1 Å². The molecule has 5 nitrogen and oxygen atoms in total. The number of nitrogens with one attached hydrogen (secondary N) is 1. The third-order valence-electron chi connectivity index (χ3n) is 3.65. The van der Waals surface area contributed by atoms with E-state index in [1.807, 2.05) is 62.4 Å². The molecule has 2 atom stereocenters. The third-order valence-corrected chi connectivity index (χ3v) is 3.65. The second-order valence-electron chi connectivity index (χ2n) is 5.97. The fourth-order valence-electron chi connectivity index (χ4n) is 2.17. The van der Waals surface area contributed by atoms with E-state index in [-0.39, 0.29) is 11.9 Å². The molecule has 2 rings (SSSR count). The van der Waals surface area contributed by atoms with Gasteiger partial charge in [0, 0.05) is 0 Å². The standard InChI is InChI=1S/C20H25NO4/c1-14-5-7-19(8-6-14)25-16(3)20(22)21-15(2)13-24-18-11-9-17(23-4)10-12-18/h5-12,15-16H,13H2,1-4H3,(H,21,22)/t15-,16+/m0/s1. The van der Waals surface area contributed by atoms with E-state index >= 15 is 0 Å². The lowest BCUT2D eigenvalue weighted by Crippen LogP contribution is -2.43. The highest BCUT2D eigenvalue weighted by Gasteiger charge is 2.17. The van der Waals surface area contributed by atoms with Crippen LogP contribution in [0.2, 0.25) is 0 Å². The first-order chi connectivity index (χ1) is 12.0. The molecule has 25 heavy (non-hydrogen) atoms. The van der Waals surface area contributed by atoms with Crippen molar-refractivity contribution >= 4 is 5.91 Å². The molecule has 0 spiro atoms. The van der Waals surface area contributed by atoms with E-state index in [0.717, 1.165) is 17.1 Å². The van der Waals surface area contributed by atoms with E-state index in [9.17, 15) is 4.79 Å². The molecular formula is C20H25NO4. The number of rotatable bonds is 8. The van der Waals surface area contributed by atoms with Gasteiger partial charge in [-0.15, -0.1) is 0 Å². The summed E-state index contributed by atoms with van der Waals surface area (Å²) in [6, 6.07) is 14.8. The van der Waals surface area contributed by atoms with Crippen molar-refractivity contribution in [2.24, 2.45) is 0 Å². The van der Waals surface area contributed by atoms with Gasteiger partial charge in [-0.25, -0.2) is 0 Å². The zero-order valence-electron chi connectivity index (χ0n) is 15.1. The smallest absolute Gasteiger partial charge is 0.261 e. The Morgan fingerprint density at radius 3 is 2.12 bits per heavy atom. The number of ether oxygens (including phenoxy) is 3. The number of carbonyl (C=O) groups is 1. The first-order valence-electron chi connectivity index (χ1n) is 8.28. The molecule has 1 amide bonds. The van der Waals surface area contributed by atoms with Crippen LogP contribution in [-0.2, 0) is 4.79 Å². The molecule has 0 heterocycles. The Kier molecular flexibility index (Phi) is 6.69. The van der Waals surface area contributed by atoms with Gasteiger partial charge >= 0.3 is 0 Å². The van der Waals surface area contributed by atoms with Crippen molar-refractivity contribution < 1.29 is 19.0 Å². The summed E-state index contributed by atoms with van der Waals surface area (Å²) in [6.45, 7) is 5.99. The zero-order valence-corrected chi connectivity index (χ0v) is 15.1. The van der Waals surface area contributed by atoms with Crippen LogP contribution in [0.1, 0.15) is 19.4 Å². The summed E-state index contributed by atoms with van der Waals surface area (Å²) in [4.78, 5) is 12.2. The molecule has 0 fully saturated rings. The summed E-state index contributed by atoms with van der Waals surface area (Å²) in [7, 11) is 1.62. The van der Waals surface area contributed by atoms with Gasteiger partial charge in [0.05, 0.1) is 13.2 Å². The molecule has 0 saturated carbocycles. The van der Waals surface area contributed by atoms with Crippen LogP contribution in [-0.4, -0.2) is 31.8 Å². The summed E-state index contributed by atoms with van der Waals surface area (Å²) in [6.07, 6.45) is -0.578. The number of carbonyl (C=O) groups excluding carboxylic acids is 1. The van der Waals surface area contributed by atoms with Crippen LogP contribution in [0.3, 0.4) is 0 Å². The van der Waals surface area contributed by atoms with Gasteiger partial charge in [0.25, 0.3) is 5.91 Å². The highest BCUT2D eigenvalue weighted by Crippen LogP contribution is 2.17. The van der Waals surface area contributed by atoms with Crippen molar-refractivity contribution in [3.8, 4) is 17.2 Å². The van der Waals surface area contributed by atoms with E-state index in [1.54, 1.807) is 14.0 Å². The second-order valence-corrected chi connectivity index (χ2v) is 5.97. The maximum Gasteiger partial charge on any atom is 0.261 e. The number of hydrogen-bond acceptors (Lipinski definition) is 4. The van der Waals surface area contributed by atoms with Crippen LogP contribution in [0.25, 0.3) is 0 Å². The Morgan fingerprint density at radius 1 is 0.960 bits per heavy atom. The number of hydrogen-bond donors (Lipinski definition) is 1. The van der Waals surface area contributed by atoms with Crippen molar-refractivity contribution in [3.63, 3.8) is 0 Å². The molecule has 0 unspecified atom stereocenters. The maximum atomic E-state index is 12.2. The van der Waals surface area contributed by atoms with Crippen molar-refractivity contribution in [1.82, 2.24) is 5.32 Å². The lowest BCUT2D eigenvalue weighted by molar-refractivity contribution is -0.128. The van der Waals surface area contributed by atoms with Gasteiger partial charge in [-0.1, -0.05) is 17.7 Å². The van der Waals surface area contributed by atoms with Crippen molar-refractivity contribution in [2.75, 3.05) is 13.7 Å². The minimum absolute atomic E-state index is 0.140. The molecule has 0 aromatic heterocycles. The van der Waals surface area contributed by atoms with Crippen LogP contribution in [0.4, 0.5) is 0 Å². The first-order valence-corrected chi connectivity index (χ1v) is 8.28. The topological polar surface area (TPSA) is 56.8 Å². The lowest BCUT2D eigenvalue weighted by Gasteiger charge is -2.19. The highest BCUT2D eigenvalue weighted by molar-refractivity contribution is 5.81. The monoisotopic (exact) mass is 343 g/mol. The molecule has 0 bridgehead atoms. The van der Waals surface area contributed by atoms with E-state index in [4.69, 9.17) is 14.2 Å². The Morgan fingerprint density at radius 2 is 1.52 bits per heavy atom. The van der Waals surface area contributed by atoms with Gasteiger partial charge in [-0.2, -0.15) is 0 Å². The Labute approximate surface area is 148 Å². The van der Waals surface area contributed by atoms with Crippen LogP contribution in [0, 0.1) is 6.92 Å². The summed E-state index contributed by atoms with van der Waals surface area (Å²) in [5.41, 5.74) is 1.15. The van der Waals surface area contributed by atoms with Crippen LogP contribution < -0.4 is 19.5 Å². The summed E-state index contributed by atoms with van der Waals surface area (Å²) >= 11 is 0. The van der Waals surface area contributed by atoms with Gasteiger partial charge in [0.2, 0.25) is 0 Å². The number of amides is 1. The second kappa shape index (κ2) is 8.97. The highest BCUT2D eigenvalue weighted by atomic mass is 16.5. The fraction of sp³-hybridized carbons (Fsp3) is 0.350. The number of methoxy groups -OCH3 is 1. The first kappa shape index (κ1) is 18.6. The average Bonchev–Trinajstić information content (AvgIpc) is 2.62. The van der Waals surface area contributed by atoms with E-state index < -0.39 is 6.10 Å². The molecule has 5 heteroatoms. The van der Waals surface area contributed by atoms with E-state index in [1.165, 1.54) is 0 Å². The maximum absolute atomic E-state index is 12.2. The quantitative estimate of drug-likeness (QED) is 0.798. The normalized spacial score (nSPS) is 12.8. The zero-order chi connectivity index (χ0) is 18.2. The largest absolute Gasteiger partial charge is 0.497 e. The average molecular weight is 343 g/mol. The molecule has 2 aromatic rings. The number of benzene rings is 2. The third kappa shape index (κ3) is 6.03. The van der Waals surface area contributed by atoms with Crippen molar-refractivity contribution in [2.45, 2.75) is 32.9 Å². The van der Waals surface area contributed by atoms with Gasteiger partial charge in [0.15, 0.2) is 6.10 Å². The van der Waals surface area contributed by atoms with Crippen LogP contribution in [0.15, 0.2) is 48.5 Å².